The summed E-state index contributed by atoms with van der Waals surface area (Å²) in [6.07, 6.45) is -0.234. The Morgan fingerprint density at radius 3 is 2.97 bits per heavy atom. The Bertz CT molecular complexity index is 994. The van der Waals surface area contributed by atoms with Gasteiger partial charge in [0, 0.05) is 27.7 Å². The van der Waals surface area contributed by atoms with E-state index in [9.17, 15) is 18.4 Å². The number of carbonyl (C=O) groups is 2. The van der Waals surface area contributed by atoms with Crippen molar-refractivity contribution in [3.8, 4) is 6.07 Å². The van der Waals surface area contributed by atoms with Crippen LogP contribution in [0.25, 0.3) is 0 Å². The molecule has 0 aliphatic carbocycles. The minimum atomic E-state index is -3.10. The van der Waals surface area contributed by atoms with Crippen molar-refractivity contribution >= 4 is 50.7 Å². The quantitative estimate of drug-likeness (QED) is 0.675. The number of hydrogen-bond acceptors (Lipinski definition) is 5. The lowest BCUT2D eigenvalue weighted by Gasteiger charge is -2.19. The maximum absolute atomic E-state index is 13.4. The number of aromatic nitrogens is 1. The van der Waals surface area contributed by atoms with Crippen molar-refractivity contribution < 1.29 is 18.4 Å². The van der Waals surface area contributed by atoms with Crippen LogP contribution in [0, 0.1) is 11.3 Å². The molecule has 0 unspecified atom stereocenters. The van der Waals surface area contributed by atoms with Gasteiger partial charge in [-0.25, -0.2) is 13.8 Å². The van der Waals surface area contributed by atoms with Crippen LogP contribution in [0.1, 0.15) is 27.5 Å². The third-order valence-electron chi connectivity index (χ3n) is 4.27. The second-order valence-corrected chi connectivity index (χ2v) is 8.68. The molecule has 2 heterocycles. The zero-order chi connectivity index (χ0) is 21.2. The van der Waals surface area contributed by atoms with Gasteiger partial charge in [0.2, 0.25) is 5.91 Å². The molecular formula is C18H14BrClF2N4O2S. The van der Waals surface area contributed by atoms with Crippen LogP contribution in [0.5, 0.6) is 0 Å². The predicted octanol–water partition coefficient (Wildman–Crippen LogP) is 3.64. The highest BCUT2D eigenvalue weighted by Crippen LogP contribution is 2.31. The first-order chi connectivity index (χ1) is 13.7. The van der Waals surface area contributed by atoms with Crippen LogP contribution in [0.2, 0.25) is 5.02 Å². The van der Waals surface area contributed by atoms with E-state index in [0.29, 0.717) is 16.5 Å². The number of alkyl halides is 2. The van der Waals surface area contributed by atoms with E-state index in [1.54, 1.807) is 23.6 Å². The second-order valence-electron chi connectivity index (χ2n) is 6.45. The van der Waals surface area contributed by atoms with Gasteiger partial charge in [0.1, 0.15) is 11.7 Å². The minimum Gasteiger partial charge on any atom is -0.342 e. The third kappa shape index (κ3) is 5.29. The Balaban J connectivity index is 1.59. The highest BCUT2D eigenvalue weighted by Gasteiger charge is 2.47. The van der Waals surface area contributed by atoms with E-state index in [4.69, 9.17) is 16.9 Å². The molecule has 1 aliphatic heterocycles. The average molecular weight is 504 g/mol. The molecule has 152 valence electrons. The Morgan fingerprint density at radius 2 is 2.24 bits per heavy atom. The molecule has 0 saturated carbocycles. The summed E-state index contributed by atoms with van der Waals surface area (Å²) in [6.45, 7) is -1.31. The molecular weight excluding hydrogens is 490 g/mol. The van der Waals surface area contributed by atoms with E-state index in [2.05, 4.69) is 26.2 Å². The van der Waals surface area contributed by atoms with Crippen LogP contribution in [-0.4, -0.2) is 46.8 Å². The zero-order valence-electron chi connectivity index (χ0n) is 14.8. The van der Waals surface area contributed by atoms with Crippen molar-refractivity contribution in [3.05, 3.63) is 49.3 Å². The summed E-state index contributed by atoms with van der Waals surface area (Å²) in [4.78, 5) is 29.4. The van der Waals surface area contributed by atoms with Crippen LogP contribution < -0.4 is 5.32 Å². The van der Waals surface area contributed by atoms with Crippen molar-refractivity contribution in [1.82, 2.24) is 15.2 Å². The lowest BCUT2D eigenvalue weighted by molar-refractivity contribution is -0.131. The van der Waals surface area contributed by atoms with Gasteiger partial charge in [0.15, 0.2) is 0 Å². The fourth-order valence-electron chi connectivity index (χ4n) is 2.88. The summed E-state index contributed by atoms with van der Waals surface area (Å²) >= 11 is 10.7. The number of likely N-dealkylation sites (tertiary alicyclic amines) is 1. The number of halogens is 4. The summed E-state index contributed by atoms with van der Waals surface area (Å²) in [6, 6.07) is 5.86. The van der Waals surface area contributed by atoms with Crippen molar-refractivity contribution in [2.24, 2.45) is 0 Å². The van der Waals surface area contributed by atoms with E-state index in [-0.39, 0.29) is 5.69 Å². The molecule has 1 aromatic carbocycles. The molecule has 0 radical (unpaired) electrons. The highest BCUT2D eigenvalue weighted by molar-refractivity contribution is 9.10. The Morgan fingerprint density at radius 1 is 1.48 bits per heavy atom. The summed E-state index contributed by atoms with van der Waals surface area (Å²) < 4.78 is 27.7. The van der Waals surface area contributed by atoms with Crippen molar-refractivity contribution in [2.45, 2.75) is 24.8 Å². The SMILES string of the molecule is N#C[C@@H]1CC(F)(F)CN1C(=O)CNC(=O)c1csc(Cc2cc(Cl)ccc2Br)n1. The van der Waals surface area contributed by atoms with Crippen LogP contribution in [0.4, 0.5) is 8.78 Å². The number of carbonyl (C=O) groups excluding carboxylic acids is 2. The number of nitriles is 1. The molecule has 2 aromatic rings. The van der Waals surface area contributed by atoms with Crippen LogP contribution in [0.15, 0.2) is 28.1 Å². The van der Waals surface area contributed by atoms with E-state index in [1.165, 1.54) is 11.3 Å². The van der Waals surface area contributed by atoms with E-state index in [1.807, 2.05) is 6.07 Å². The summed E-state index contributed by atoms with van der Waals surface area (Å²) in [5.41, 5.74) is 1.03. The van der Waals surface area contributed by atoms with E-state index in [0.717, 1.165) is 14.9 Å². The molecule has 2 amide bonds. The third-order valence-corrected chi connectivity index (χ3v) is 6.13. The van der Waals surface area contributed by atoms with Gasteiger partial charge in [-0.1, -0.05) is 27.5 Å². The Hall–Kier alpha value is -2.09. The highest BCUT2D eigenvalue weighted by atomic mass is 79.9. The van der Waals surface area contributed by atoms with Crippen molar-refractivity contribution in [1.29, 1.82) is 5.26 Å². The van der Waals surface area contributed by atoms with Gasteiger partial charge in [0.05, 0.1) is 24.2 Å². The maximum Gasteiger partial charge on any atom is 0.271 e. The molecule has 1 fully saturated rings. The number of hydrogen-bond donors (Lipinski definition) is 1. The molecule has 0 bridgehead atoms. The number of thiazole rings is 1. The molecule has 29 heavy (non-hydrogen) atoms. The van der Waals surface area contributed by atoms with Crippen LogP contribution >= 0.6 is 38.9 Å². The number of amides is 2. The number of rotatable bonds is 5. The summed E-state index contributed by atoms with van der Waals surface area (Å²) in [5, 5.41) is 14.1. The lowest BCUT2D eigenvalue weighted by atomic mass is 10.2. The Labute approximate surface area is 182 Å². The fourth-order valence-corrected chi connectivity index (χ4v) is 4.26. The molecule has 6 nitrogen and oxygen atoms in total. The average Bonchev–Trinajstić information content (AvgIpc) is 3.26. The van der Waals surface area contributed by atoms with Gasteiger partial charge in [-0.05, 0) is 23.8 Å². The molecule has 0 spiro atoms. The Kier molecular flexibility index (Phi) is 6.51. The van der Waals surface area contributed by atoms with Crippen molar-refractivity contribution in [3.63, 3.8) is 0 Å². The first kappa shape index (κ1) is 21.6. The normalized spacial score (nSPS) is 17.8. The topological polar surface area (TPSA) is 86.1 Å². The smallest absolute Gasteiger partial charge is 0.271 e. The van der Waals surface area contributed by atoms with Crippen LogP contribution in [0.3, 0.4) is 0 Å². The fraction of sp³-hybridized carbons (Fsp3) is 0.333. The first-order valence-electron chi connectivity index (χ1n) is 8.42. The first-order valence-corrected chi connectivity index (χ1v) is 10.5. The number of benzene rings is 1. The van der Waals surface area contributed by atoms with Crippen molar-refractivity contribution in [2.75, 3.05) is 13.1 Å². The molecule has 1 aromatic heterocycles. The van der Waals surface area contributed by atoms with E-state index >= 15 is 0 Å². The van der Waals surface area contributed by atoms with Gasteiger partial charge in [0.25, 0.3) is 11.8 Å². The predicted molar refractivity (Wildman–Crippen MR) is 107 cm³/mol. The molecule has 1 N–H and O–H groups in total. The van der Waals surface area contributed by atoms with Gasteiger partial charge >= 0.3 is 0 Å². The van der Waals surface area contributed by atoms with Gasteiger partial charge < -0.3 is 10.2 Å². The van der Waals surface area contributed by atoms with Gasteiger partial charge in [-0.15, -0.1) is 11.3 Å². The minimum absolute atomic E-state index is 0.125. The monoisotopic (exact) mass is 502 g/mol. The summed E-state index contributed by atoms with van der Waals surface area (Å²) in [5.74, 6) is -4.43. The van der Waals surface area contributed by atoms with Gasteiger partial charge in [-0.2, -0.15) is 5.26 Å². The molecule has 1 saturated heterocycles. The standard InChI is InChI=1S/C18H14BrClF2N4O2S/c19-13-2-1-11(20)3-10(13)4-15-25-14(8-29-15)17(28)24-7-16(27)26-9-18(21,22)5-12(26)6-23/h1-3,8,12H,4-5,7,9H2,(H,24,28)/t12-/m0/s1. The molecule has 1 aliphatic rings. The van der Waals surface area contributed by atoms with Crippen LogP contribution in [-0.2, 0) is 11.2 Å². The molecule has 11 heteroatoms. The zero-order valence-corrected chi connectivity index (χ0v) is 18.0. The lowest BCUT2D eigenvalue weighted by Crippen LogP contribution is -2.43. The van der Waals surface area contributed by atoms with Gasteiger partial charge in [-0.3, -0.25) is 9.59 Å². The summed E-state index contributed by atoms with van der Waals surface area (Å²) in [7, 11) is 0. The number of nitrogens with zero attached hydrogens (tertiary/aromatic N) is 3. The largest absolute Gasteiger partial charge is 0.342 e. The second kappa shape index (κ2) is 8.73. The van der Waals surface area contributed by atoms with E-state index < -0.39 is 43.3 Å². The molecule has 1 atom stereocenters. The number of nitrogens with one attached hydrogen (secondary N) is 1. The maximum atomic E-state index is 13.4. The molecule has 3 rings (SSSR count).